The highest BCUT2D eigenvalue weighted by Crippen LogP contribution is 2.18. The Morgan fingerprint density at radius 3 is 2.72 bits per heavy atom. The molecular formula is C15H21NO2. The Morgan fingerprint density at radius 2 is 2.06 bits per heavy atom. The van der Waals surface area contributed by atoms with Gasteiger partial charge in [-0.25, -0.2) is 0 Å². The maximum atomic E-state index is 12.6. The van der Waals surface area contributed by atoms with E-state index in [1.165, 1.54) is 5.56 Å². The monoisotopic (exact) mass is 247 g/mol. The van der Waals surface area contributed by atoms with Gasteiger partial charge in [-0.15, -0.1) is 0 Å². The van der Waals surface area contributed by atoms with Crippen LogP contribution in [-0.4, -0.2) is 36.1 Å². The number of carbonyl (C=O) groups is 1. The first-order valence-corrected chi connectivity index (χ1v) is 6.49. The predicted molar refractivity (Wildman–Crippen MR) is 71.8 cm³/mol. The zero-order valence-corrected chi connectivity index (χ0v) is 11.6. The number of hydrogen-bond donors (Lipinski definition) is 0. The molecular weight excluding hydrogens is 226 g/mol. The fourth-order valence-electron chi connectivity index (χ4n) is 2.39. The fraction of sp³-hybridized carbons (Fsp3) is 0.533. The van der Waals surface area contributed by atoms with Gasteiger partial charge >= 0.3 is 0 Å². The molecule has 2 unspecified atom stereocenters. The maximum Gasteiger partial charge on any atom is 0.254 e. The van der Waals surface area contributed by atoms with E-state index in [1.807, 2.05) is 44.7 Å². The maximum absolute atomic E-state index is 12.6. The van der Waals surface area contributed by atoms with Crippen LogP contribution in [0.2, 0.25) is 0 Å². The highest BCUT2D eigenvalue weighted by molar-refractivity contribution is 5.96. The van der Waals surface area contributed by atoms with E-state index in [4.69, 9.17) is 4.74 Å². The summed E-state index contributed by atoms with van der Waals surface area (Å²) in [6, 6.07) is 6.13. The van der Waals surface area contributed by atoms with Gasteiger partial charge in [0.2, 0.25) is 0 Å². The highest BCUT2D eigenvalue weighted by Gasteiger charge is 2.28. The zero-order valence-electron chi connectivity index (χ0n) is 11.6. The smallest absolute Gasteiger partial charge is 0.254 e. The average molecular weight is 247 g/mol. The van der Waals surface area contributed by atoms with E-state index in [2.05, 4.69) is 6.07 Å². The molecule has 0 N–H and O–H groups in total. The van der Waals surface area contributed by atoms with Crippen molar-refractivity contribution in [3.8, 4) is 0 Å². The van der Waals surface area contributed by atoms with E-state index in [9.17, 15) is 4.79 Å². The second-order valence-corrected chi connectivity index (χ2v) is 5.27. The summed E-state index contributed by atoms with van der Waals surface area (Å²) in [5.41, 5.74) is 3.04. The third kappa shape index (κ3) is 2.56. The molecule has 18 heavy (non-hydrogen) atoms. The summed E-state index contributed by atoms with van der Waals surface area (Å²) in [5.74, 6) is 0.121. The largest absolute Gasteiger partial charge is 0.375 e. The Balaban J connectivity index is 2.24. The minimum Gasteiger partial charge on any atom is -0.375 e. The van der Waals surface area contributed by atoms with Crippen molar-refractivity contribution in [3.05, 3.63) is 34.9 Å². The Hall–Kier alpha value is -1.35. The van der Waals surface area contributed by atoms with E-state index in [0.29, 0.717) is 13.2 Å². The molecule has 0 radical (unpaired) electrons. The van der Waals surface area contributed by atoms with Gasteiger partial charge in [-0.3, -0.25) is 4.79 Å². The second-order valence-electron chi connectivity index (χ2n) is 5.27. The molecule has 1 aliphatic heterocycles. The molecule has 0 aliphatic carbocycles. The topological polar surface area (TPSA) is 29.5 Å². The molecule has 1 aromatic carbocycles. The van der Waals surface area contributed by atoms with Crippen molar-refractivity contribution < 1.29 is 9.53 Å². The summed E-state index contributed by atoms with van der Waals surface area (Å²) >= 11 is 0. The Kier molecular flexibility index (Phi) is 3.71. The fourth-order valence-corrected chi connectivity index (χ4v) is 2.39. The standard InChI is InChI=1S/C15H21NO2/c1-10-5-6-14(11(2)7-10)15(17)16-8-13(4)18-9-12(16)3/h5-7,12-13H,8-9H2,1-4H3. The number of hydrogen-bond acceptors (Lipinski definition) is 2. The van der Waals surface area contributed by atoms with Crippen molar-refractivity contribution in [2.45, 2.75) is 39.8 Å². The van der Waals surface area contributed by atoms with E-state index in [0.717, 1.165) is 11.1 Å². The molecule has 0 aromatic heterocycles. The van der Waals surface area contributed by atoms with Crippen molar-refractivity contribution in [2.24, 2.45) is 0 Å². The van der Waals surface area contributed by atoms with E-state index in [1.54, 1.807) is 0 Å². The number of morpholine rings is 1. The first-order valence-electron chi connectivity index (χ1n) is 6.49. The van der Waals surface area contributed by atoms with Gasteiger partial charge in [-0.2, -0.15) is 0 Å². The summed E-state index contributed by atoms with van der Waals surface area (Å²) in [7, 11) is 0. The summed E-state index contributed by atoms with van der Waals surface area (Å²) < 4.78 is 5.56. The number of ether oxygens (including phenoxy) is 1. The van der Waals surface area contributed by atoms with Crippen molar-refractivity contribution in [1.29, 1.82) is 0 Å². The molecule has 2 atom stereocenters. The second kappa shape index (κ2) is 5.11. The molecule has 98 valence electrons. The Morgan fingerprint density at radius 1 is 1.33 bits per heavy atom. The van der Waals surface area contributed by atoms with Crippen LogP contribution >= 0.6 is 0 Å². The zero-order chi connectivity index (χ0) is 13.3. The number of rotatable bonds is 1. The van der Waals surface area contributed by atoms with Crippen LogP contribution in [0.4, 0.5) is 0 Å². The molecule has 1 saturated heterocycles. The summed E-state index contributed by atoms with van der Waals surface area (Å²) in [6.07, 6.45) is 0.121. The minimum absolute atomic E-state index is 0.121. The average Bonchev–Trinajstić information content (AvgIpc) is 2.31. The van der Waals surface area contributed by atoms with E-state index < -0.39 is 0 Å². The molecule has 1 heterocycles. The number of amides is 1. The van der Waals surface area contributed by atoms with E-state index in [-0.39, 0.29) is 18.1 Å². The lowest BCUT2D eigenvalue weighted by Crippen LogP contribution is -2.50. The predicted octanol–water partition coefficient (Wildman–Crippen LogP) is 2.55. The van der Waals surface area contributed by atoms with Crippen LogP contribution in [0.5, 0.6) is 0 Å². The quantitative estimate of drug-likeness (QED) is 0.763. The van der Waals surface area contributed by atoms with Gasteiger partial charge < -0.3 is 9.64 Å². The van der Waals surface area contributed by atoms with Crippen LogP contribution in [-0.2, 0) is 4.74 Å². The molecule has 1 aliphatic rings. The van der Waals surface area contributed by atoms with Gasteiger partial charge in [-0.05, 0) is 39.3 Å². The number of nitrogens with zero attached hydrogens (tertiary/aromatic N) is 1. The molecule has 0 saturated carbocycles. The number of aryl methyl sites for hydroxylation is 2. The summed E-state index contributed by atoms with van der Waals surface area (Å²) in [5, 5.41) is 0. The number of benzene rings is 1. The highest BCUT2D eigenvalue weighted by atomic mass is 16.5. The normalized spacial score (nSPS) is 24.1. The molecule has 0 bridgehead atoms. The third-order valence-electron chi connectivity index (χ3n) is 3.48. The lowest BCUT2D eigenvalue weighted by Gasteiger charge is -2.37. The molecule has 1 aromatic rings. The van der Waals surface area contributed by atoms with Gasteiger partial charge in [0.1, 0.15) is 0 Å². The summed E-state index contributed by atoms with van der Waals surface area (Å²) in [6.45, 7) is 9.38. The minimum atomic E-state index is 0.121. The van der Waals surface area contributed by atoms with Gasteiger partial charge in [0, 0.05) is 12.1 Å². The van der Waals surface area contributed by atoms with Crippen molar-refractivity contribution in [2.75, 3.05) is 13.2 Å². The van der Waals surface area contributed by atoms with Crippen LogP contribution in [0.3, 0.4) is 0 Å². The molecule has 2 rings (SSSR count). The van der Waals surface area contributed by atoms with Crippen LogP contribution in [0.1, 0.15) is 35.3 Å². The molecule has 1 fully saturated rings. The third-order valence-corrected chi connectivity index (χ3v) is 3.48. The molecule has 3 heteroatoms. The van der Waals surface area contributed by atoms with Crippen molar-refractivity contribution in [3.63, 3.8) is 0 Å². The van der Waals surface area contributed by atoms with Gasteiger partial charge in [0.15, 0.2) is 0 Å². The number of carbonyl (C=O) groups excluding carboxylic acids is 1. The molecule has 3 nitrogen and oxygen atoms in total. The van der Waals surface area contributed by atoms with Crippen LogP contribution in [0.25, 0.3) is 0 Å². The Labute approximate surface area is 109 Å². The van der Waals surface area contributed by atoms with Crippen LogP contribution in [0.15, 0.2) is 18.2 Å². The molecule has 0 spiro atoms. The first kappa shape index (κ1) is 13.1. The van der Waals surface area contributed by atoms with Crippen LogP contribution < -0.4 is 0 Å². The SMILES string of the molecule is Cc1ccc(C(=O)N2CC(C)OCC2C)c(C)c1. The van der Waals surface area contributed by atoms with E-state index >= 15 is 0 Å². The first-order chi connectivity index (χ1) is 8.49. The van der Waals surface area contributed by atoms with Crippen molar-refractivity contribution >= 4 is 5.91 Å². The lowest BCUT2D eigenvalue weighted by molar-refractivity contribution is -0.0387. The Bertz CT molecular complexity index is 456. The lowest BCUT2D eigenvalue weighted by atomic mass is 10.0. The molecule has 1 amide bonds. The van der Waals surface area contributed by atoms with Gasteiger partial charge in [-0.1, -0.05) is 17.7 Å². The van der Waals surface area contributed by atoms with Gasteiger partial charge in [0.25, 0.3) is 5.91 Å². The van der Waals surface area contributed by atoms with Crippen molar-refractivity contribution in [1.82, 2.24) is 4.90 Å². The summed E-state index contributed by atoms with van der Waals surface area (Å²) in [4.78, 5) is 14.5. The van der Waals surface area contributed by atoms with Gasteiger partial charge in [0.05, 0.1) is 18.8 Å². The van der Waals surface area contributed by atoms with Crippen LogP contribution in [0, 0.1) is 13.8 Å².